The number of thiophene rings is 1. The van der Waals surface area contributed by atoms with E-state index in [0.29, 0.717) is 17.6 Å². The lowest BCUT2D eigenvalue weighted by Crippen LogP contribution is -2.14. The van der Waals surface area contributed by atoms with Gasteiger partial charge in [0.15, 0.2) is 27.7 Å². The maximum Gasteiger partial charge on any atom is 0.236 e. The summed E-state index contributed by atoms with van der Waals surface area (Å²) in [7, 11) is 0. The fourth-order valence-corrected chi connectivity index (χ4v) is 5.54. The molecule has 1 saturated carbocycles. The van der Waals surface area contributed by atoms with Crippen LogP contribution in [0.3, 0.4) is 0 Å². The first-order chi connectivity index (χ1) is 15.0. The third-order valence-electron chi connectivity index (χ3n) is 4.66. The number of thioether (sulfide) groups is 1. The number of thiazole rings is 1. The van der Waals surface area contributed by atoms with E-state index in [0.717, 1.165) is 36.1 Å². The van der Waals surface area contributed by atoms with Crippen molar-refractivity contribution < 1.29 is 18.0 Å². The fourth-order valence-electron chi connectivity index (χ4n) is 3.11. The fraction of sp³-hybridized carbons (Fsp3) is 0.263. The monoisotopic (exact) mass is 481 g/mol. The number of halogens is 3. The Bertz CT molecular complexity index is 1270. The average Bonchev–Trinajstić information content (AvgIpc) is 3.12. The van der Waals surface area contributed by atoms with Gasteiger partial charge in [0, 0.05) is 17.3 Å². The van der Waals surface area contributed by atoms with Crippen molar-refractivity contribution in [3.8, 4) is 0 Å². The lowest BCUT2D eigenvalue weighted by molar-refractivity contribution is -0.113. The summed E-state index contributed by atoms with van der Waals surface area (Å²) in [5, 5.41) is 13.9. The smallest absolute Gasteiger partial charge is 0.236 e. The molecule has 1 amide bonds. The predicted molar refractivity (Wildman–Crippen MR) is 114 cm³/mol. The molecule has 0 aliphatic heterocycles. The number of hydrogen-bond acceptors (Lipinski definition) is 7. The Hall–Kier alpha value is -2.44. The van der Waals surface area contributed by atoms with Gasteiger partial charge in [0.25, 0.3) is 0 Å². The number of aromatic nitrogens is 4. The molecule has 0 spiro atoms. The lowest BCUT2D eigenvalue weighted by Gasteiger charge is -2.08. The third kappa shape index (κ3) is 4.19. The van der Waals surface area contributed by atoms with Crippen LogP contribution in [0.2, 0.25) is 0 Å². The van der Waals surface area contributed by atoms with Crippen molar-refractivity contribution in [3.05, 3.63) is 51.7 Å². The number of anilines is 1. The Labute approximate surface area is 186 Å². The van der Waals surface area contributed by atoms with Crippen LogP contribution in [-0.4, -0.2) is 31.4 Å². The molecule has 160 valence electrons. The van der Waals surface area contributed by atoms with Crippen LogP contribution in [0.5, 0.6) is 0 Å². The van der Waals surface area contributed by atoms with Gasteiger partial charge in [-0.15, -0.1) is 21.5 Å². The summed E-state index contributed by atoms with van der Waals surface area (Å²) in [6.07, 6.45) is 2.80. The van der Waals surface area contributed by atoms with E-state index >= 15 is 0 Å². The van der Waals surface area contributed by atoms with Crippen molar-refractivity contribution in [3.63, 3.8) is 0 Å². The summed E-state index contributed by atoms with van der Waals surface area (Å²) < 4.78 is 42.8. The predicted octanol–water partition coefficient (Wildman–Crippen LogP) is 5.02. The third-order valence-corrected chi connectivity index (χ3v) is 7.40. The summed E-state index contributed by atoms with van der Waals surface area (Å²) in [5.41, 5.74) is -0.307. The Morgan fingerprint density at radius 3 is 2.84 bits per heavy atom. The number of amides is 1. The number of rotatable bonds is 7. The summed E-state index contributed by atoms with van der Waals surface area (Å²) in [6, 6.07) is 5.26. The number of carbonyl (C=O) groups is 1. The van der Waals surface area contributed by atoms with E-state index in [4.69, 9.17) is 0 Å². The Balaban J connectivity index is 1.27. The maximum absolute atomic E-state index is 13.8. The van der Waals surface area contributed by atoms with Crippen LogP contribution in [0.15, 0.2) is 28.7 Å². The highest BCUT2D eigenvalue weighted by Crippen LogP contribution is 2.39. The number of hydrogen-bond donors (Lipinski definition) is 1. The van der Waals surface area contributed by atoms with Gasteiger partial charge in [0.05, 0.1) is 10.5 Å². The van der Waals surface area contributed by atoms with Crippen molar-refractivity contribution in [1.82, 2.24) is 19.7 Å². The molecule has 3 heterocycles. The van der Waals surface area contributed by atoms with Gasteiger partial charge < -0.3 is 9.88 Å². The zero-order valence-electron chi connectivity index (χ0n) is 15.8. The first-order valence-corrected chi connectivity index (χ1v) is 12.0. The molecule has 0 saturated heterocycles. The molecule has 0 unspecified atom stereocenters. The largest absolute Gasteiger partial charge is 0.303 e. The van der Waals surface area contributed by atoms with Crippen molar-refractivity contribution in [1.29, 1.82) is 0 Å². The Kier molecular flexibility index (Phi) is 5.44. The maximum atomic E-state index is 13.8. The SMILES string of the molecule is O=C(CSc1nnc(Cc2cccs2)n1C1CC1)Nc1nc2c(F)c(F)c(F)cc2s1. The molecule has 0 atom stereocenters. The molecule has 6 nitrogen and oxygen atoms in total. The van der Waals surface area contributed by atoms with Gasteiger partial charge in [-0.05, 0) is 30.4 Å². The van der Waals surface area contributed by atoms with Crippen molar-refractivity contribution in [2.45, 2.75) is 30.5 Å². The van der Waals surface area contributed by atoms with Crippen LogP contribution in [0, 0.1) is 17.5 Å². The van der Waals surface area contributed by atoms with E-state index < -0.39 is 17.5 Å². The molecular weight excluding hydrogens is 467 g/mol. The summed E-state index contributed by atoms with van der Waals surface area (Å²) in [4.78, 5) is 17.4. The van der Waals surface area contributed by atoms with E-state index in [1.165, 1.54) is 16.6 Å². The van der Waals surface area contributed by atoms with Gasteiger partial charge >= 0.3 is 0 Å². The number of fused-ring (bicyclic) bond motifs is 1. The number of carbonyl (C=O) groups excluding carboxylic acids is 1. The van der Waals surface area contributed by atoms with Crippen LogP contribution in [0.25, 0.3) is 10.2 Å². The van der Waals surface area contributed by atoms with Crippen LogP contribution >= 0.6 is 34.4 Å². The molecule has 1 N–H and O–H groups in total. The van der Waals surface area contributed by atoms with Gasteiger partial charge in [-0.25, -0.2) is 18.2 Å². The summed E-state index contributed by atoms with van der Waals surface area (Å²) >= 11 is 3.79. The van der Waals surface area contributed by atoms with E-state index in [9.17, 15) is 18.0 Å². The molecule has 31 heavy (non-hydrogen) atoms. The summed E-state index contributed by atoms with van der Waals surface area (Å²) in [5.74, 6) is -3.69. The minimum atomic E-state index is -1.58. The van der Waals surface area contributed by atoms with Gasteiger partial charge in [-0.3, -0.25) is 4.79 Å². The Morgan fingerprint density at radius 1 is 1.26 bits per heavy atom. The van der Waals surface area contributed by atoms with Gasteiger partial charge in [0.2, 0.25) is 5.91 Å². The minimum absolute atomic E-state index is 0.0466. The standard InChI is InChI=1S/C19H14F3N5OS3/c20-11-7-12-17(16(22)15(11)21)24-18(31-12)23-14(28)8-30-19-26-25-13(27(19)9-3-4-9)6-10-2-1-5-29-10/h1-2,5,7,9H,3-4,6,8H2,(H,23,24,28). The molecule has 1 fully saturated rings. The number of benzene rings is 1. The molecule has 1 aliphatic carbocycles. The molecule has 0 bridgehead atoms. The molecule has 4 aromatic rings. The van der Waals surface area contributed by atoms with Gasteiger partial charge in [0.1, 0.15) is 11.3 Å². The second kappa shape index (κ2) is 8.24. The molecule has 12 heteroatoms. The minimum Gasteiger partial charge on any atom is -0.303 e. The van der Waals surface area contributed by atoms with Crippen LogP contribution in [0.1, 0.15) is 29.6 Å². The molecular formula is C19H14F3N5OS3. The molecule has 5 rings (SSSR count). The second-order valence-electron chi connectivity index (χ2n) is 6.95. The summed E-state index contributed by atoms with van der Waals surface area (Å²) in [6.45, 7) is 0. The molecule has 0 radical (unpaired) electrons. The highest BCUT2D eigenvalue weighted by atomic mass is 32.2. The number of nitrogens with zero attached hydrogens (tertiary/aromatic N) is 4. The second-order valence-corrected chi connectivity index (χ2v) is 9.95. The van der Waals surface area contributed by atoms with Crippen LogP contribution < -0.4 is 5.32 Å². The van der Waals surface area contributed by atoms with E-state index in [1.54, 1.807) is 11.3 Å². The first-order valence-electron chi connectivity index (χ1n) is 9.32. The molecule has 3 aromatic heterocycles. The van der Waals surface area contributed by atoms with Crippen LogP contribution in [-0.2, 0) is 11.2 Å². The normalized spacial score (nSPS) is 13.8. The van der Waals surface area contributed by atoms with Crippen molar-refractivity contribution in [2.24, 2.45) is 0 Å². The lowest BCUT2D eigenvalue weighted by atomic mass is 10.3. The highest BCUT2D eigenvalue weighted by Gasteiger charge is 2.30. The Morgan fingerprint density at radius 2 is 2.10 bits per heavy atom. The van der Waals surface area contributed by atoms with Crippen molar-refractivity contribution >= 4 is 55.7 Å². The van der Waals surface area contributed by atoms with E-state index in [1.807, 2.05) is 11.4 Å². The van der Waals surface area contributed by atoms with Gasteiger partial charge in [-0.2, -0.15) is 0 Å². The molecule has 1 aromatic carbocycles. The van der Waals surface area contributed by atoms with E-state index in [-0.39, 0.29) is 27.0 Å². The van der Waals surface area contributed by atoms with Crippen molar-refractivity contribution in [2.75, 3.05) is 11.1 Å². The average molecular weight is 482 g/mol. The van der Waals surface area contributed by atoms with Gasteiger partial charge in [-0.1, -0.05) is 29.2 Å². The topological polar surface area (TPSA) is 72.7 Å². The first kappa shape index (κ1) is 20.5. The van der Waals surface area contributed by atoms with Crippen LogP contribution in [0.4, 0.5) is 18.3 Å². The number of nitrogens with one attached hydrogen (secondary N) is 1. The highest BCUT2D eigenvalue weighted by molar-refractivity contribution is 7.99. The zero-order chi connectivity index (χ0) is 21.5. The molecule has 1 aliphatic rings. The quantitative estimate of drug-likeness (QED) is 0.296. The zero-order valence-corrected chi connectivity index (χ0v) is 18.2. The van der Waals surface area contributed by atoms with E-state index in [2.05, 4.69) is 31.1 Å².